The molecular formula is C18H22FN. The van der Waals surface area contributed by atoms with E-state index in [0.29, 0.717) is 0 Å². The van der Waals surface area contributed by atoms with Gasteiger partial charge in [0, 0.05) is 6.04 Å². The molecule has 2 aromatic carbocycles. The van der Waals surface area contributed by atoms with E-state index in [2.05, 4.69) is 38.2 Å². The molecule has 2 heteroatoms. The zero-order valence-electron chi connectivity index (χ0n) is 12.4. The molecule has 2 rings (SSSR count). The van der Waals surface area contributed by atoms with Crippen molar-refractivity contribution in [3.8, 4) is 11.1 Å². The van der Waals surface area contributed by atoms with Crippen molar-refractivity contribution < 1.29 is 4.39 Å². The number of aryl methyl sites for hydroxylation is 1. The molecule has 0 saturated carbocycles. The number of hydrogen-bond donors (Lipinski definition) is 1. The summed E-state index contributed by atoms with van der Waals surface area (Å²) >= 11 is 0. The molecule has 1 atom stereocenters. The maximum Gasteiger partial charge on any atom is 0.123 e. The lowest BCUT2D eigenvalue weighted by atomic mass is 9.92. The fraction of sp³-hybridized carbons (Fsp3) is 0.333. The summed E-state index contributed by atoms with van der Waals surface area (Å²) in [5.41, 5.74) is 4.41. The smallest absolute Gasteiger partial charge is 0.123 e. The quantitative estimate of drug-likeness (QED) is 0.818. The van der Waals surface area contributed by atoms with Crippen LogP contribution in [-0.2, 0) is 0 Å². The van der Waals surface area contributed by atoms with Crippen LogP contribution in [0.15, 0.2) is 42.5 Å². The first-order valence-corrected chi connectivity index (χ1v) is 7.22. The van der Waals surface area contributed by atoms with Gasteiger partial charge < -0.3 is 5.32 Å². The van der Waals surface area contributed by atoms with Crippen LogP contribution in [0.5, 0.6) is 0 Å². The van der Waals surface area contributed by atoms with Gasteiger partial charge >= 0.3 is 0 Å². The molecule has 0 aliphatic rings. The predicted octanol–water partition coefficient (Wildman–Crippen LogP) is 4.86. The van der Waals surface area contributed by atoms with E-state index in [4.69, 9.17) is 0 Å². The average Bonchev–Trinajstić information content (AvgIpc) is 2.45. The Hall–Kier alpha value is -1.67. The van der Waals surface area contributed by atoms with Gasteiger partial charge in [-0.25, -0.2) is 4.39 Å². The van der Waals surface area contributed by atoms with Gasteiger partial charge in [0.25, 0.3) is 0 Å². The molecule has 0 saturated heterocycles. The predicted molar refractivity (Wildman–Crippen MR) is 83.3 cm³/mol. The maximum absolute atomic E-state index is 13.7. The highest BCUT2D eigenvalue weighted by atomic mass is 19.1. The lowest BCUT2D eigenvalue weighted by molar-refractivity contribution is 0.569. The van der Waals surface area contributed by atoms with Crippen molar-refractivity contribution in [2.24, 2.45) is 0 Å². The molecule has 0 amide bonds. The van der Waals surface area contributed by atoms with Gasteiger partial charge in [0.05, 0.1) is 0 Å². The molecular weight excluding hydrogens is 249 g/mol. The molecule has 0 aliphatic heterocycles. The highest BCUT2D eigenvalue weighted by molar-refractivity contribution is 5.71. The number of rotatable bonds is 5. The SMILES string of the molecule is CCCNC(C)c1ccc(F)cc1-c1ccccc1C. The Bertz CT molecular complexity index is 577. The maximum atomic E-state index is 13.7. The van der Waals surface area contributed by atoms with Crippen LogP contribution in [-0.4, -0.2) is 6.54 Å². The van der Waals surface area contributed by atoms with Gasteiger partial charge in [0.1, 0.15) is 5.82 Å². The summed E-state index contributed by atoms with van der Waals surface area (Å²) in [6.45, 7) is 7.30. The number of nitrogens with one attached hydrogen (secondary N) is 1. The number of halogens is 1. The molecule has 106 valence electrons. The normalized spacial score (nSPS) is 12.4. The van der Waals surface area contributed by atoms with Crippen LogP contribution in [0.2, 0.25) is 0 Å². The Morgan fingerprint density at radius 2 is 1.85 bits per heavy atom. The third-order valence-corrected chi connectivity index (χ3v) is 3.62. The van der Waals surface area contributed by atoms with Crippen molar-refractivity contribution in [3.05, 3.63) is 59.4 Å². The molecule has 0 heterocycles. The number of benzene rings is 2. The first-order valence-electron chi connectivity index (χ1n) is 7.22. The molecule has 0 spiro atoms. The fourth-order valence-corrected chi connectivity index (χ4v) is 2.49. The second-order valence-corrected chi connectivity index (χ2v) is 5.22. The largest absolute Gasteiger partial charge is 0.310 e. The first-order chi connectivity index (χ1) is 9.63. The highest BCUT2D eigenvalue weighted by Gasteiger charge is 2.13. The summed E-state index contributed by atoms with van der Waals surface area (Å²) in [5, 5.41) is 3.48. The highest BCUT2D eigenvalue weighted by Crippen LogP contribution is 2.31. The molecule has 2 aromatic rings. The van der Waals surface area contributed by atoms with Crippen LogP contribution in [0.1, 0.15) is 37.4 Å². The average molecular weight is 271 g/mol. The minimum absolute atomic E-state index is 0.185. The van der Waals surface area contributed by atoms with E-state index >= 15 is 0 Å². The van der Waals surface area contributed by atoms with Gasteiger partial charge in [0.15, 0.2) is 0 Å². The van der Waals surface area contributed by atoms with Gasteiger partial charge in [-0.2, -0.15) is 0 Å². The Morgan fingerprint density at radius 1 is 1.10 bits per heavy atom. The second-order valence-electron chi connectivity index (χ2n) is 5.22. The molecule has 0 aromatic heterocycles. The minimum Gasteiger partial charge on any atom is -0.310 e. The molecule has 1 unspecified atom stereocenters. The lowest BCUT2D eigenvalue weighted by Gasteiger charge is -2.19. The second kappa shape index (κ2) is 6.67. The van der Waals surface area contributed by atoms with Crippen LogP contribution < -0.4 is 5.32 Å². The van der Waals surface area contributed by atoms with Crippen LogP contribution in [0.3, 0.4) is 0 Å². The van der Waals surface area contributed by atoms with Crippen molar-refractivity contribution >= 4 is 0 Å². The van der Waals surface area contributed by atoms with E-state index in [9.17, 15) is 4.39 Å². The topological polar surface area (TPSA) is 12.0 Å². The summed E-state index contributed by atoms with van der Waals surface area (Å²) in [6, 6.07) is 13.4. The van der Waals surface area contributed by atoms with E-state index in [1.54, 1.807) is 12.1 Å². The zero-order chi connectivity index (χ0) is 14.5. The monoisotopic (exact) mass is 271 g/mol. The van der Waals surface area contributed by atoms with Crippen molar-refractivity contribution in [3.63, 3.8) is 0 Å². The van der Waals surface area contributed by atoms with E-state index in [1.165, 1.54) is 5.56 Å². The summed E-state index contributed by atoms with van der Waals surface area (Å²) in [5.74, 6) is -0.185. The Kier molecular flexibility index (Phi) is 4.91. The van der Waals surface area contributed by atoms with Crippen molar-refractivity contribution in [2.45, 2.75) is 33.2 Å². The third kappa shape index (κ3) is 3.26. The Morgan fingerprint density at radius 3 is 2.55 bits per heavy atom. The van der Waals surface area contributed by atoms with Crippen LogP contribution >= 0.6 is 0 Å². The Labute approximate surface area is 120 Å². The molecule has 0 bridgehead atoms. The molecule has 0 radical (unpaired) electrons. The van der Waals surface area contributed by atoms with Crippen LogP contribution in [0, 0.1) is 12.7 Å². The van der Waals surface area contributed by atoms with Crippen molar-refractivity contribution in [1.29, 1.82) is 0 Å². The van der Waals surface area contributed by atoms with Gasteiger partial charge in [-0.1, -0.05) is 37.3 Å². The zero-order valence-corrected chi connectivity index (χ0v) is 12.4. The van der Waals surface area contributed by atoms with Crippen molar-refractivity contribution in [1.82, 2.24) is 5.32 Å². The summed E-state index contributed by atoms with van der Waals surface area (Å²) in [4.78, 5) is 0. The summed E-state index contributed by atoms with van der Waals surface area (Å²) in [7, 11) is 0. The lowest BCUT2D eigenvalue weighted by Crippen LogP contribution is -2.20. The van der Waals surface area contributed by atoms with Gasteiger partial charge in [-0.15, -0.1) is 0 Å². The van der Waals surface area contributed by atoms with E-state index in [1.807, 2.05) is 18.2 Å². The van der Waals surface area contributed by atoms with Crippen LogP contribution in [0.4, 0.5) is 4.39 Å². The van der Waals surface area contributed by atoms with E-state index in [0.717, 1.165) is 29.7 Å². The standard InChI is InChI=1S/C18H22FN/c1-4-11-20-14(3)17-10-9-15(19)12-18(17)16-8-6-5-7-13(16)2/h5-10,12,14,20H,4,11H2,1-3H3. The van der Waals surface area contributed by atoms with E-state index in [-0.39, 0.29) is 11.9 Å². The third-order valence-electron chi connectivity index (χ3n) is 3.62. The van der Waals surface area contributed by atoms with Gasteiger partial charge in [-0.3, -0.25) is 0 Å². The summed E-state index contributed by atoms with van der Waals surface area (Å²) < 4.78 is 13.7. The first kappa shape index (κ1) is 14.7. The Balaban J connectivity index is 2.46. The molecule has 0 aliphatic carbocycles. The molecule has 0 fully saturated rings. The minimum atomic E-state index is -0.185. The van der Waals surface area contributed by atoms with Gasteiger partial charge in [0.2, 0.25) is 0 Å². The molecule has 1 nitrogen and oxygen atoms in total. The molecule has 20 heavy (non-hydrogen) atoms. The van der Waals surface area contributed by atoms with Gasteiger partial charge in [-0.05, 0) is 61.2 Å². The van der Waals surface area contributed by atoms with E-state index < -0.39 is 0 Å². The van der Waals surface area contributed by atoms with Crippen molar-refractivity contribution in [2.75, 3.05) is 6.54 Å². The van der Waals surface area contributed by atoms with Crippen LogP contribution in [0.25, 0.3) is 11.1 Å². The number of hydrogen-bond acceptors (Lipinski definition) is 1. The fourth-order valence-electron chi connectivity index (χ4n) is 2.49. The summed E-state index contributed by atoms with van der Waals surface area (Å²) in [6.07, 6.45) is 1.09. The molecule has 1 N–H and O–H groups in total.